The van der Waals surface area contributed by atoms with Gasteiger partial charge in [-0.05, 0) is 43.8 Å². The predicted molar refractivity (Wildman–Crippen MR) is 76.5 cm³/mol. The summed E-state index contributed by atoms with van der Waals surface area (Å²) in [6.45, 7) is 7.94. The van der Waals surface area contributed by atoms with Crippen molar-refractivity contribution in [3.8, 4) is 0 Å². The van der Waals surface area contributed by atoms with Crippen LogP contribution in [0.1, 0.15) is 27.2 Å². The third-order valence-electron chi connectivity index (χ3n) is 3.12. The first kappa shape index (κ1) is 14.5. The molecule has 0 fully saturated rings. The normalized spacial score (nSPS) is 12.4. The Kier molecular flexibility index (Phi) is 5.65. The van der Waals surface area contributed by atoms with Gasteiger partial charge in [-0.2, -0.15) is 0 Å². The summed E-state index contributed by atoms with van der Waals surface area (Å²) in [4.78, 5) is 14.4. The van der Waals surface area contributed by atoms with Gasteiger partial charge in [0.15, 0.2) is 0 Å². The first-order chi connectivity index (χ1) is 8.62. The second-order valence-electron chi connectivity index (χ2n) is 4.26. The van der Waals surface area contributed by atoms with Gasteiger partial charge in [0.05, 0.1) is 6.04 Å². The standard InChI is InChI=1S/C14H23N3O/c1-4-13(17(5-2)6-3)14(18)16-12-9-7-11(15)8-10-12/h7-10,13H,4-6,15H2,1-3H3,(H,16,18). The Balaban J connectivity index is 2.70. The molecule has 0 aliphatic rings. The van der Waals surface area contributed by atoms with E-state index in [1.807, 2.05) is 19.1 Å². The van der Waals surface area contributed by atoms with Gasteiger partial charge in [0.1, 0.15) is 0 Å². The summed E-state index contributed by atoms with van der Waals surface area (Å²) in [5, 5.41) is 2.93. The van der Waals surface area contributed by atoms with E-state index in [2.05, 4.69) is 24.1 Å². The molecule has 1 aromatic rings. The number of benzene rings is 1. The van der Waals surface area contributed by atoms with Crippen LogP contribution >= 0.6 is 0 Å². The van der Waals surface area contributed by atoms with Gasteiger partial charge in [-0.1, -0.05) is 20.8 Å². The number of nitrogen functional groups attached to an aromatic ring is 1. The van der Waals surface area contributed by atoms with E-state index in [4.69, 9.17) is 5.73 Å². The maximum Gasteiger partial charge on any atom is 0.241 e. The molecule has 1 atom stereocenters. The Labute approximate surface area is 109 Å². The van der Waals surface area contributed by atoms with E-state index in [9.17, 15) is 4.79 Å². The van der Waals surface area contributed by atoms with Crippen molar-refractivity contribution >= 4 is 17.3 Å². The number of anilines is 2. The van der Waals surface area contributed by atoms with Crippen molar-refractivity contribution in [3.05, 3.63) is 24.3 Å². The number of amides is 1. The zero-order valence-corrected chi connectivity index (χ0v) is 11.4. The van der Waals surface area contributed by atoms with Crippen molar-refractivity contribution in [2.75, 3.05) is 24.1 Å². The summed E-state index contributed by atoms with van der Waals surface area (Å²) in [6, 6.07) is 7.14. The lowest BCUT2D eigenvalue weighted by Crippen LogP contribution is -2.43. The van der Waals surface area contributed by atoms with E-state index in [0.717, 1.165) is 25.2 Å². The minimum atomic E-state index is -0.0717. The third-order valence-corrected chi connectivity index (χ3v) is 3.12. The first-order valence-corrected chi connectivity index (χ1v) is 6.52. The van der Waals surface area contributed by atoms with Crippen LogP contribution in [0.4, 0.5) is 11.4 Å². The molecule has 1 rings (SSSR count). The van der Waals surface area contributed by atoms with Crippen LogP contribution in [0.25, 0.3) is 0 Å². The van der Waals surface area contributed by atoms with Gasteiger partial charge in [0, 0.05) is 11.4 Å². The predicted octanol–water partition coefficient (Wildman–Crippen LogP) is 2.33. The quantitative estimate of drug-likeness (QED) is 0.761. The highest BCUT2D eigenvalue weighted by Gasteiger charge is 2.21. The van der Waals surface area contributed by atoms with Crippen LogP contribution in [-0.2, 0) is 4.79 Å². The highest BCUT2D eigenvalue weighted by Crippen LogP contribution is 2.13. The number of nitrogens with zero attached hydrogens (tertiary/aromatic N) is 1. The molecule has 100 valence electrons. The van der Waals surface area contributed by atoms with Crippen LogP contribution in [0.15, 0.2) is 24.3 Å². The highest BCUT2D eigenvalue weighted by molar-refractivity contribution is 5.94. The molecule has 0 aliphatic carbocycles. The van der Waals surface area contributed by atoms with Gasteiger partial charge >= 0.3 is 0 Å². The fraction of sp³-hybridized carbons (Fsp3) is 0.500. The van der Waals surface area contributed by atoms with Crippen molar-refractivity contribution < 1.29 is 4.79 Å². The number of likely N-dealkylation sites (N-methyl/N-ethyl adjacent to an activating group) is 1. The molecule has 4 heteroatoms. The van der Waals surface area contributed by atoms with E-state index in [1.54, 1.807) is 12.1 Å². The maximum atomic E-state index is 12.2. The van der Waals surface area contributed by atoms with Crippen molar-refractivity contribution in [2.24, 2.45) is 0 Å². The molecule has 3 N–H and O–H groups in total. The average molecular weight is 249 g/mol. The second kappa shape index (κ2) is 7.01. The summed E-state index contributed by atoms with van der Waals surface area (Å²) >= 11 is 0. The third kappa shape index (κ3) is 3.74. The van der Waals surface area contributed by atoms with Crippen molar-refractivity contribution in [3.63, 3.8) is 0 Å². The van der Waals surface area contributed by atoms with Gasteiger partial charge in [-0.25, -0.2) is 0 Å². The Morgan fingerprint density at radius 1 is 1.22 bits per heavy atom. The van der Waals surface area contributed by atoms with E-state index >= 15 is 0 Å². The molecule has 0 saturated carbocycles. The van der Waals surface area contributed by atoms with E-state index in [0.29, 0.717) is 5.69 Å². The molecule has 0 bridgehead atoms. The molecule has 0 aliphatic heterocycles. The molecular formula is C14H23N3O. The largest absolute Gasteiger partial charge is 0.399 e. The fourth-order valence-electron chi connectivity index (χ4n) is 2.07. The van der Waals surface area contributed by atoms with E-state index in [1.165, 1.54) is 0 Å². The van der Waals surface area contributed by atoms with Crippen molar-refractivity contribution in [1.82, 2.24) is 4.90 Å². The Hall–Kier alpha value is -1.55. The number of hydrogen-bond donors (Lipinski definition) is 2. The van der Waals surface area contributed by atoms with Crippen LogP contribution in [0.5, 0.6) is 0 Å². The number of carbonyl (C=O) groups is 1. The lowest BCUT2D eigenvalue weighted by Gasteiger charge is -2.27. The molecule has 0 saturated heterocycles. The van der Waals surface area contributed by atoms with E-state index < -0.39 is 0 Å². The Morgan fingerprint density at radius 3 is 2.22 bits per heavy atom. The van der Waals surface area contributed by atoms with Crippen molar-refractivity contribution in [2.45, 2.75) is 33.2 Å². The summed E-state index contributed by atoms with van der Waals surface area (Å²) in [5.41, 5.74) is 7.10. The lowest BCUT2D eigenvalue weighted by atomic mass is 10.1. The van der Waals surface area contributed by atoms with Crippen LogP contribution < -0.4 is 11.1 Å². The molecule has 1 unspecified atom stereocenters. The summed E-state index contributed by atoms with van der Waals surface area (Å²) in [5.74, 6) is 0.0472. The van der Waals surface area contributed by atoms with Gasteiger partial charge in [0.25, 0.3) is 0 Å². The van der Waals surface area contributed by atoms with Crippen LogP contribution in [0.2, 0.25) is 0 Å². The minimum Gasteiger partial charge on any atom is -0.399 e. The smallest absolute Gasteiger partial charge is 0.241 e. The number of nitrogens with one attached hydrogen (secondary N) is 1. The topological polar surface area (TPSA) is 58.4 Å². The summed E-state index contributed by atoms with van der Waals surface area (Å²) < 4.78 is 0. The van der Waals surface area contributed by atoms with Gasteiger partial charge in [0.2, 0.25) is 5.91 Å². The molecule has 0 aromatic heterocycles. The van der Waals surface area contributed by atoms with E-state index in [-0.39, 0.29) is 11.9 Å². The summed E-state index contributed by atoms with van der Waals surface area (Å²) in [6.07, 6.45) is 0.808. The SMILES string of the molecule is CCC(C(=O)Nc1ccc(N)cc1)N(CC)CC. The van der Waals surface area contributed by atoms with Crippen LogP contribution in [0, 0.1) is 0 Å². The molecular weight excluding hydrogens is 226 g/mol. The van der Waals surface area contributed by atoms with Gasteiger partial charge in [-0.3, -0.25) is 9.69 Å². The highest BCUT2D eigenvalue weighted by atomic mass is 16.2. The number of carbonyl (C=O) groups excluding carboxylic acids is 1. The number of nitrogens with two attached hydrogens (primary N) is 1. The lowest BCUT2D eigenvalue weighted by molar-refractivity contribution is -0.121. The van der Waals surface area contributed by atoms with Crippen LogP contribution in [-0.4, -0.2) is 29.9 Å². The average Bonchev–Trinajstić information content (AvgIpc) is 2.38. The summed E-state index contributed by atoms with van der Waals surface area (Å²) in [7, 11) is 0. The molecule has 0 radical (unpaired) electrons. The number of hydrogen-bond acceptors (Lipinski definition) is 3. The molecule has 0 spiro atoms. The monoisotopic (exact) mass is 249 g/mol. The molecule has 1 amide bonds. The Bertz CT molecular complexity index is 371. The molecule has 1 aromatic carbocycles. The van der Waals surface area contributed by atoms with Gasteiger partial charge in [-0.15, -0.1) is 0 Å². The fourth-order valence-corrected chi connectivity index (χ4v) is 2.07. The van der Waals surface area contributed by atoms with Gasteiger partial charge < -0.3 is 11.1 Å². The number of rotatable bonds is 6. The van der Waals surface area contributed by atoms with Crippen molar-refractivity contribution in [1.29, 1.82) is 0 Å². The minimum absolute atomic E-state index is 0.0472. The molecule has 4 nitrogen and oxygen atoms in total. The zero-order valence-electron chi connectivity index (χ0n) is 11.4. The molecule has 18 heavy (non-hydrogen) atoms. The maximum absolute atomic E-state index is 12.2. The Morgan fingerprint density at radius 2 is 1.78 bits per heavy atom. The second-order valence-corrected chi connectivity index (χ2v) is 4.26. The first-order valence-electron chi connectivity index (χ1n) is 6.52. The van der Waals surface area contributed by atoms with Crippen LogP contribution in [0.3, 0.4) is 0 Å². The molecule has 0 heterocycles. The zero-order chi connectivity index (χ0) is 13.5.